The van der Waals surface area contributed by atoms with Crippen molar-refractivity contribution in [2.24, 2.45) is 11.7 Å². The molecule has 0 amide bonds. The van der Waals surface area contributed by atoms with Crippen LogP contribution in [0.4, 0.5) is 0 Å². The zero-order valence-electron chi connectivity index (χ0n) is 10.2. The Labute approximate surface area is 103 Å². The summed E-state index contributed by atoms with van der Waals surface area (Å²) in [5.41, 5.74) is 7.20. The molecule has 0 saturated heterocycles. The van der Waals surface area contributed by atoms with Gasteiger partial charge in [-0.05, 0) is 36.5 Å². The third-order valence-electron chi connectivity index (χ3n) is 2.66. The Morgan fingerprint density at radius 1 is 1.31 bits per heavy atom. The molecular weight excluding hydrogens is 222 g/mol. The molecule has 90 valence electrons. The van der Waals surface area contributed by atoms with Crippen LogP contribution < -0.4 is 10.5 Å². The maximum absolute atomic E-state index is 6.12. The topological polar surface area (TPSA) is 35.2 Å². The molecule has 0 aromatic heterocycles. The minimum atomic E-state index is 0.0635. The minimum absolute atomic E-state index is 0.0635. The Balaban J connectivity index is 2.72. The lowest BCUT2D eigenvalue weighted by atomic mass is 9.98. The maximum Gasteiger partial charge on any atom is 0.137 e. The monoisotopic (exact) mass is 241 g/mol. The van der Waals surface area contributed by atoms with Gasteiger partial charge in [0.05, 0.1) is 12.1 Å². The van der Waals surface area contributed by atoms with E-state index in [-0.39, 0.29) is 6.04 Å². The van der Waals surface area contributed by atoms with Gasteiger partial charge >= 0.3 is 0 Å². The van der Waals surface area contributed by atoms with E-state index in [1.165, 1.54) is 0 Å². The highest BCUT2D eigenvalue weighted by Crippen LogP contribution is 2.28. The van der Waals surface area contributed by atoms with Gasteiger partial charge in [0.15, 0.2) is 0 Å². The number of nitrogens with two attached hydrogens (primary N) is 1. The molecule has 0 bridgehead atoms. The summed E-state index contributed by atoms with van der Waals surface area (Å²) in [4.78, 5) is 0. The quantitative estimate of drug-likeness (QED) is 0.852. The van der Waals surface area contributed by atoms with Crippen LogP contribution in [0, 0.1) is 5.92 Å². The largest absolute Gasteiger partial charge is 0.495 e. The van der Waals surface area contributed by atoms with Crippen LogP contribution in [-0.4, -0.2) is 7.11 Å². The SMILES string of the molecule is COc1cc([C@H](N)CCC(C)C)ccc1Cl. The second-order valence-corrected chi connectivity index (χ2v) is 4.88. The fourth-order valence-corrected chi connectivity index (χ4v) is 1.78. The summed E-state index contributed by atoms with van der Waals surface area (Å²) in [6.07, 6.45) is 2.12. The summed E-state index contributed by atoms with van der Waals surface area (Å²) in [5.74, 6) is 1.37. The molecule has 1 atom stereocenters. The second kappa shape index (κ2) is 6.12. The molecule has 2 N–H and O–H groups in total. The molecule has 0 heterocycles. The van der Waals surface area contributed by atoms with Crippen molar-refractivity contribution < 1.29 is 4.74 Å². The van der Waals surface area contributed by atoms with Crippen LogP contribution in [0.2, 0.25) is 5.02 Å². The number of hydrogen-bond donors (Lipinski definition) is 1. The van der Waals surface area contributed by atoms with Gasteiger partial charge in [0.2, 0.25) is 0 Å². The first-order valence-corrected chi connectivity index (χ1v) is 6.01. The molecule has 16 heavy (non-hydrogen) atoms. The third-order valence-corrected chi connectivity index (χ3v) is 2.97. The summed E-state index contributed by atoms with van der Waals surface area (Å²) in [5, 5.41) is 0.627. The van der Waals surface area contributed by atoms with Crippen LogP contribution in [0.15, 0.2) is 18.2 Å². The van der Waals surface area contributed by atoms with Gasteiger partial charge in [0, 0.05) is 6.04 Å². The van der Waals surface area contributed by atoms with Crippen molar-refractivity contribution in [1.29, 1.82) is 0 Å². The van der Waals surface area contributed by atoms with Crippen LogP contribution in [0.3, 0.4) is 0 Å². The number of hydrogen-bond acceptors (Lipinski definition) is 2. The van der Waals surface area contributed by atoms with E-state index in [0.717, 1.165) is 18.4 Å². The van der Waals surface area contributed by atoms with Crippen LogP contribution in [0.25, 0.3) is 0 Å². The fraction of sp³-hybridized carbons (Fsp3) is 0.538. The molecule has 0 aliphatic heterocycles. The van der Waals surface area contributed by atoms with Crippen LogP contribution >= 0.6 is 11.6 Å². The minimum Gasteiger partial charge on any atom is -0.495 e. The zero-order valence-corrected chi connectivity index (χ0v) is 10.9. The first-order valence-electron chi connectivity index (χ1n) is 5.63. The third kappa shape index (κ3) is 3.69. The van der Waals surface area contributed by atoms with Crippen molar-refractivity contribution in [3.63, 3.8) is 0 Å². The molecule has 1 aromatic rings. The maximum atomic E-state index is 6.12. The highest BCUT2D eigenvalue weighted by Gasteiger charge is 2.09. The van der Waals surface area contributed by atoms with Crippen LogP contribution in [0.5, 0.6) is 5.75 Å². The lowest BCUT2D eigenvalue weighted by Gasteiger charge is -2.15. The number of halogens is 1. The standard InChI is InChI=1S/C13H20ClNO/c1-9(2)4-7-12(15)10-5-6-11(14)13(8-10)16-3/h5-6,8-9,12H,4,7,15H2,1-3H3/t12-/m1/s1. The van der Waals surface area contributed by atoms with Gasteiger partial charge in [-0.2, -0.15) is 0 Å². The summed E-state index contributed by atoms with van der Waals surface area (Å²) < 4.78 is 5.17. The van der Waals surface area contributed by atoms with Gasteiger partial charge in [0.25, 0.3) is 0 Å². The highest BCUT2D eigenvalue weighted by atomic mass is 35.5. The molecule has 1 aromatic carbocycles. The van der Waals surface area contributed by atoms with E-state index in [1.807, 2.05) is 18.2 Å². The van der Waals surface area contributed by atoms with E-state index in [2.05, 4.69) is 13.8 Å². The second-order valence-electron chi connectivity index (χ2n) is 4.47. The van der Waals surface area contributed by atoms with Gasteiger partial charge in [-0.3, -0.25) is 0 Å². The molecule has 0 aliphatic carbocycles. The molecule has 0 radical (unpaired) electrons. The summed E-state index contributed by atoms with van der Waals surface area (Å²) in [7, 11) is 1.62. The molecule has 0 aliphatic rings. The van der Waals surface area contributed by atoms with Gasteiger partial charge in [-0.1, -0.05) is 31.5 Å². The molecule has 1 rings (SSSR count). The van der Waals surface area contributed by atoms with E-state index >= 15 is 0 Å². The number of rotatable bonds is 5. The van der Waals surface area contributed by atoms with Crippen molar-refractivity contribution in [2.75, 3.05) is 7.11 Å². The smallest absolute Gasteiger partial charge is 0.137 e. The normalized spacial score (nSPS) is 12.9. The first-order chi connectivity index (χ1) is 7.54. The average Bonchev–Trinajstić information content (AvgIpc) is 2.26. The van der Waals surface area contributed by atoms with E-state index in [0.29, 0.717) is 16.7 Å². The van der Waals surface area contributed by atoms with Crippen molar-refractivity contribution in [2.45, 2.75) is 32.7 Å². The molecule has 0 fully saturated rings. The van der Waals surface area contributed by atoms with Gasteiger partial charge in [-0.25, -0.2) is 0 Å². The molecule has 0 saturated carbocycles. The van der Waals surface area contributed by atoms with Crippen molar-refractivity contribution in [3.05, 3.63) is 28.8 Å². The van der Waals surface area contributed by atoms with E-state index in [1.54, 1.807) is 7.11 Å². The van der Waals surface area contributed by atoms with Gasteiger partial charge in [-0.15, -0.1) is 0 Å². The molecule has 0 unspecified atom stereocenters. The fourth-order valence-electron chi connectivity index (χ4n) is 1.59. The van der Waals surface area contributed by atoms with Crippen molar-refractivity contribution in [1.82, 2.24) is 0 Å². The van der Waals surface area contributed by atoms with Crippen molar-refractivity contribution >= 4 is 11.6 Å². The van der Waals surface area contributed by atoms with Gasteiger partial charge < -0.3 is 10.5 Å². The molecule has 3 heteroatoms. The number of ether oxygens (including phenoxy) is 1. The van der Waals surface area contributed by atoms with Crippen LogP contribution in [-0.2, 0) is 0 Å². The Bertz CT molecular complexity index is 339. The lowest BCUT2D eigenvalue weighted by Crippen LogP contribution is -2.11. The Morgan fingerprint density at radius 3 is 2.56 bits per heavy atom. The average molecular weight is 242 g/mol. The highest BCUT2D eigenvalue weighted by molar-refractivity contribution is 6.32. The van der Waals surface area contributed by atoms with E-state index < -0.39 is 0 Å². The molecular formula is C13H20ClNO. The lowest BCUT2D eigenvalue weighted by molar-refractivity contribution is 0.413. The molecule has 2 nitrogen and oxygen atoms in total. The van der Waals surface area contributed by atoms with E-state index in [9.17, 15) is 0 Å². The van der Waals surface area contributed by atoms with Crippen molar-refractivity contribution in [3.8, 4) is 5.75 Å². The predicted octanol–water partition coefficient (Wildman–Crippen LogP) is 3.78. The first kappa shape index (κ1) is 13.3. The Hall–Kier alpha value is -0.730. The number of methoxy groups -OCH3 is 1. The number of benzene rings is 1. The predicted molar refractivity (Wildman–Crippen MR) is 69.0 cm³/mol. The summed E-state index contributed by atoms with van der Waals surface area (Å²) in [6, 6.07) is 5.79. The Morgan fingerprint density at radius 2 is 2.00 bits per heavy atom. The van der Waals surface area contributed by atoms with Crippen LogP contribution in [0.1, 0.15) is 38.3 Å². The molecule has 0 spiro atoms. The summed E-state index contributed by atoms with van der Waals surface area (Å²) in [6.45, 7) is 4.41. The van der Waals surface area contributed by atoms with Gasteiger partial charge in [0.1, 0.15) is 5.75 Å². The zero-order chi connectivity index (χ0) is 12.1. The van der Waals surface area contributed by atoms with E-state index in [4.69, 9.17) is 22.1 Å². The summed E-state index contributed by atoms with van der Waals surface area (Å²) >= 11 is 5.96. The Kier molecular flexibility index (Phi) is 5.10.